The van der Waals surface area contributed by atoms with Gasteiger partial charge in [0.25, 0.3) is 0 Å². The number of nitrogens with zero attached hydrogens (tertiary/aromatic N) is 2. The number of benzene rings is 1. The van der Waals surface area contributed by atoms with Gasteiger partial charge < -0.3 is 5.32 Å². The highest BCUT2D eigenvalue weighted by Gasteiger charge is 2.34. The second kappa shape index (κ2) is 6.53. The first-order valence-electron chi connectivity index (χ1n) is 5.56. The van der Waals surface area contributed by atoms with Crippen molar-refractivity contribution in [3.05, 3.63) is 46.5 Å². The topological polar surface area (TPSA) is 29.9 Å². The highest BCUT2D eigenvalue weighted by molar-refractivity contribution is 6.31. The van der Waals surface area contributed by atoms with Crippen LogP contribution in [0, 0.1) is 5.82 Å². The lowest BCUT2D eigenvalue weighted by Gasteiger charge is -2.07. The average Bonchev–Trinajstić information content (AvgIpc) is 2.72. The smallest absolute Gasteiger partial charge is 0.379 e. The Bertz CT molecular complexity index is 625. The van der Waals surface area contributed by atoms with Gasteiger partial charge in [-0.2, -0.15) is 18.3 Å². The molecule has 21 heavy (non-hydrogen) atoms. The summed E-state index contributed by atoms with van der Waals surface area (Å²) in [7, 11) is 1.42. The summed E-state index contributed by atoms with van der Waals surface area (Å²) >= 11 is 5.61. The largest absolute Gasteiger partial charge is 0.435 e. The Hall–Kier alpha value is -1.47. The molecule has 2 rings (SSSR count). The lowest BCUT2D eigenvalue weighted by Crippen LogP contribution is -2.07. The van der Waals surface area contributed by atoms with Crippen LogP contribution in [0.25, 0.3) is 0 Å². The molecule has 1 N–H and O–H groups in total. The Morgan fingerprint density at radius 1 is 1.29 bits per heavy atom. The molecule has 1 aromatic heterocycles. The molecule has 0 amide bonds. The van der Waals surface area contributed by atoms with E-state index in [9.17, 15) is 17.6 Å². The van der Waals surface area contributed by atoms with Crippen LogP contribution in [0.5, 0.6) is 0 Å². The second-order valence-corrected chi connectivity index (χ2v) is 4.53. The van der Waals surface area contributed by atoms with E-state index in [4.69, 9.17) is 11.6 Å². The van der Waals surface area contributed by atoms with E-state index in [1.807, 2.05) is 0 Å². The Morgan fingerprint density at radius 2 is 1.95 bits per heavy atom. The van der Waals surface area contributed by atoms with E-state index in [0.717, 1.165) is 10.7 Å². The third-order valence-corrected chi connectivity index (χ3v) is 2.95. The van der Waals surface area contributed by atoms with Crippen molar-refractivity contribution in [2.45, 2.75) is 12.7 Å². The molecule has 1 aromatic carbocycles. The van der Waals surface area contributed by atoms with Crippen molar-refractivity contribution in [3.63, 3.8) is 0 Å². The summed E-state index contributed by atoms with van der Waals surface area (Å²) in [6.07, 6.45) is -4.48. The molecule has 0 atom stereocenters. The number of halogens is 6. The van der Waals surface area contributed by atoms with Gasteiger partial charge in [-0.15, -0.1) is 12.4 Å². The molecule has 0 spiro atoms. The van der Waals surface area contributed by atoms with Crippen molar-refractivity contribution < 1.29 is 17.6 Å². The number of aromatic nitrogens is 2. The SMILES string of the molecule is Cl.Cn1nc(C(F)(F)F)cc1CNc1ccc(F)c(Cl)c1. The van der Waals surface area contributed by atoms with E-state index in [0.29, 0.717) is 11.4 Å². The first kappa shape index (κ1) is 17.6. The fourth-order valence-electron chi connectivity index (χ4n) is 1.61. The van der Waals surface area contributed by atoms with Crippen molar-refractivity contribution >= 4 is 29.7 Å². The Kier molecular flexibility index (Phi) is 5.47. The van der Waals surface area contributed by atoms with Crippen LogP contribution in [0.3, 0.4) is 0 Å². The maximum atomic E-state index is 13.0. The lowest BCUT2D eigenvalue weighted by atomic mass is 10.3. The van der Waals surface area contributed by atoms with Crippen LogP contribution in [-0.4, -0.2) is 9.78 Å². The zero-order valence-electron chi connectivity index (χ0n) is 10.7. The predicted molar refractivity (Wildman–Crippen MR) is 74.2 cm³/mol. The fourth-order valence-corrected chi connectivity index (χ4v) is 1.79. The summed E-state index contributed by atoms with van der Waals surface area (Å²) in [4.78, 5) is 0. The van der Waals surface area contributed by atoms with E-state index in [-0.39, 0.29) is 24.0 Å². The predicted octanol–water partition coefficient (Wildman–Crippen LogP) is 4.27. The number of aryl methyl sites for hydroxylation is 1. The zero-order chi connectivity index (χ0) is 14.9. The molecule has 0 bridgehead atoms. The molecule has 0 radical (unpaired) electrons. The van der Waals surface area contributed by atoms with Crippen LogP contribution in [0.2, 0.25) is 5.02 Å². The number of anilines is 1. The minimum absolute atomic E-state index is 0. The summed E-state index contributed by atoms with van der Waals surface area (Å²) in [5.74, 6) is -0.558. The quantitative estimate of drug-likeness (QED) is 0.843. The molecule has 0 fully saturated rings. The molecule has 0 saturated heterocycles. The van der Waals surface area contributed by atoms with Crippen LogP contribution in [-0.2, 0) is 19.8 Å². The summed E-state index contributed by atoms with van der Waals surface area (Å²) in [6, 6.07) is 4.94. The Balaban J connectivity index is 0.00000220. The fraction of sp³-hybridized carbons (Fsp3) is 0.250. The summed E-state index contributed by atoms with van der Waals surface area (Å²) in [6.45, 7) is 0.113. The van der Waals surface area contributed by atoms with E-state index >= 15 is 0 Å². The molecule has 1 heterocycles. The van der Waals surface area contributed by atoms with Gasteiger partial charge in [-0.3, -0.25) is 4.68 Å². The third kappa shape index (κ3) is 4.25. The number of alkyl halides is 3. The van der Waals surface area contributed by atoms with Crippen LogP contribution in [0.4, 0.5) is 23.2 Å². The Morgan fingerprint density at radius 3 is 2.48 bits per heavy atom. The average molecular weight is 344 g/mol. The standard InChI is InChI=1S/C12H10ClF4N3.ClH/c1-20-8(5-11(19-20)12(15,16)17)6-18-7-2-3-10(14)9(13)4-7;/h2-5,18H,6H2,1H3;1H. The van der Waals surface area contributed by atoms with E-state index in [2.05, 4.69) is 10.4 Å². The van der Waals surface area contributed by atoms with E-state index < -0.39 is 17.7 Å². The molecule has 0 saturated carbocycles. The van der Waals surface area contributed by atoms with Crippen molar-refractivity contribution in [2.75, 3.05) is 5.32 Å². The number of nitrogens with one attached hydrogen (secondary N) is 1. The van der Waals surface area contributed by atoms with Crippen molar-refractivity contribution in [3.8, 4) is 0 Å². The second-order valence-electron chi connectivity index (χ2n) is 4.12. The van der Waals surface area contributed by atoms with Crippen LogP contribution < -0.4 is 5.32 Å². The van der Waals surface area contributed by atoms with Crippen molar-refractivity contribution in [1.82, 2.24) is 9.78 Å². The first-order chi connectivity index (χ1) is 9.27. The van der Waals surface area contributed by atoms with Gasteiger partial charge in [0.15, 0.2) is 5.69 Å². The van der Waals surface area contributed by atoms with E-state index in [1.54, 1.807) is 0 Å². The van der Waals surface area contributed by atoms with Gasteiger partial charge in [-0.25, -0.2) is 4.39 Å². The van der Waals surface area contributed by atoms with Gasteiger partial charge in [0.05, 0.1) is 17.3 Å². The Labute approximate surface area is 129 Å². The molecular weight excluding hydrogens is 333 g/mol. The molecule has 0 aliphatic carbocycles. The van der Waals surface area contributed by atoms with Crippen LogP contribution in [0.1, 0.15) is 11.4 Å². The molecule has 0 unspecified atom stereocenters. The summed E-state index contributed by atoms with van der Waals surface area (Å²) < 4.78 is 51.6. The minimum Gasteiger partial charge on any atom is -0.379 e. The first-order valence-corrected chi connectivity index (χ1v) is 5.94. The zero-order valence-corrected chi connectivity index (χ0v) is 12.3. The molecule has 0 aliphatic heterocycles. The van der Waals surface area contributed by atoms with Gasteiger partial charge in [-0.05, 0) is 24.3 Å². The summed E-state index contributed by atoms with van der Waals surface area (Å²) in [5, 5.41) is 6.19. The minimum atomic E-state index is -4.48. The van der Waals surface area contributed by atoms with Crippen molar-refractivity contribution in [2.24, 2.45) is 7.05 Å². The monoisotopic (exact) mass is 343 g/mol. The van der Waals surface area contributed by atoms with E-state index in [1.165, 1.54) is 25.2 Å². The third-order valence-electron chi connectivity index (χ3n) is 2.66. The highest BCUT2D eigenvalue weighted by Crippen LogP contribution is 2.28. The summed E-state index contributed by atoms with van der Waals surface area (Å²) in [5.41, 5.74) is -0.0992. The van der Waals surface area contributed by atoms with Gasteiger partial charge in [0, 0.05) is 12.7 Å². The normalized spacial score (nSPS) is 11.1. The maximum absolute atomic E-state index is 13.0. The highest BCUT2D eigenvalue weighted by atomic mass is 35.5. The maximum Gasteiger partial charge on any atom is 0.435 e. The molecule has 2 aromatic rings. The number of rotatable bonds is 3. The van der Waals surface area contributed by atoms with Gasteiger partial charge in [0.2, 0.25) is 0 Å². The molecule has 116 valence electrons. The van der Waals surface area contributed by atoms with Crippen LogP contribution >= 0.6 is 24.0 Å². The number of hydrogen-bond acceptors (Lipinski definition) is 2. The molecule has 0 aliphatic rings. The van der Waals surface area contributed by atoms with Gasteiger partial charge in [0.1, 0.15) is 5.82 Å². The van der Waals surface area contributed by atoms with Crippen LogP contribution in [0.15, 0.2) is 24.3 Å². The molecule has 9 heteroatoms. The molecular formula is C12H11Cl2F4N3. The molecule has 3 nitrogen and oxygen atoms in total. The van der Waals surface area contributed by atoms with Gasteiger partial charge >= 0.3 is 6.18 Å². The van der Waals surface area contributed by atoms with Gasteiger partial charge in [-0.1, -0.05) is 11.6 Å². The lowest BCUT2D eigenvalue weighted by molar-refractivity contribution is -0.141. The van der Waals surface area contributed by atoms with Crippen molar-refractivity contribution in [1.29, 1.82) is 0 Å². The number of hydrogen-bond donors (Lipinski definition) is 1.